The van der Waals surface area contributed by atoms with Gasteiger partial charge in [0.15, 0.2) is 0 Å². The van der Waals surface area contributed by atoms with Gasteiger partial charge in [-0.2, -0.15) is 0 Å². The Balaban J connectivity index is 2.70. The molecule has 1 rings (SSSR count). The van der Waals surface area contributed by atoms with E-state index >= 15 is 0 Å². The summed E-state index contributed by atoms with van der Waals surface area (Å²) in [6.07, 6.45) is 6.41. The highest BCUT2D eigenvalue weighted by atomic mass is 15.1. The van der Waals surface area contributed by atoms with Gasteiger partial charge in [0.25, 0.3) is 0 Å². The molecule has 1 N–H and O–H groups in total. The van der Waals surface area contributed by atoms with E-state index in [0.29, 0.717) is 0 Å². The highest BCUT2D eigenvalue weighted by Gasteiger charge is 2.09. The third kappa shape index (κ3) is 3.80. The second kappa shape index (κ2) is 6.32. The van der Waals surface area contributed by atoms with Crippen molar-refractivity contribution < 1.29 is 0 Å². The molecule has 17 heavy (non-hydrogen) atoms. The van der Waals surface area contributed by atoms with Gasteiger partial charge >= 0.3 is 0 Å². The summed E-state index contributed by atoms with van der Waals surface area (Å²) in [7, 11) is 4.09. The number of benzene rings is 1. The van der Waals surface area contributed by atoms with Crippen molar-refractivity contribution in [1.29, 1.82) is 0 Å². The highest BCUT2D eigenvalue weighted by molar-refractivity contribution is 5.46. The van der Waals surface area contributed by atoms with Gasteiger partial charge in [0.05, 0.1) is 6.04 Å². The lowest BCUT2D eigenvalue weighted by molar-refractivity contribution is 0.512. The van der Waals surface area contributed by atoms with Gasteiger partial charge in [0.1, 0.15) is 0 Å². The number of hydrogen-bond acceptors (Lipinski definition) is 2. The first kappa shape index (κ1) is 13.6. The first-order chi connectivity index (χ1) is 8.08. The fraction of sp³-hybridized carbons (Fsp3) is 0.467. The molecular weight excluding hydrogens is 208 g/mol. The van der Waals surface area contributed by atoms with Gasteiger partial charge in [-0.05, 0) is 31.0 Å². The minimum atomic E-state index is 0.151. The zero-order valence-corrected chi connectivity index (χ0v) is 11.2. The first-order valence-electron chi connectivity index (χ1n) is 6.08. The van der Waals surface area contributed by atoms with Crippen LogP contribution in [0.4, 0.5) is 5.69 Å². The molecule has 2 nitrogen and oxygen atoms in total. The molecule has 0 amide bonds. The third-order valence-corrected chi connectivity index (χ3v) is 2.97. The Morgan fingerprint density at radius 2 is 1.88 bits per heavy atom. The fourth-order valence-corrected chi connectivity index (χ4v) is 1.74. The molecule has 1 aromatic carbocycles. The van der Waals surface area contributed by atoms with Gasteiger partial charge in [-0.25, -0.2) is 0 Å². The van der Waals surface area contributed by atoms with Crippen LogP contribution in [0.2, 0.25) is 0 Å². The van der Waals surface area contributed by atoms with Crippen molar-refractivity contribution in [2.75, 3.05) is 19.0 Å². The van der Waals surface area contributed by atoms with Gasteiger partial charge in [0, 0.05) is 25.8 Å². The van der Waals surface area contributed by atoms with Crippen molar-refractivity contribution in [3.8, 4) is 12.3 Å². The predicted molar refractivity (Wildman–Crippen MR) is 75.2 cm³/mol. The largest absolute Gasteiger partial charge is 0.378 e. The summed E-state index contributed by atoms with van der Waals surface area (Å²) < 4.78 is 0. The molecule has 2 unspecified atom stereocenters. The number of anilines is 1. The Bertz CT molecular complexity index is 373. The predicted octanol–water partition coefficient (Wildman–Crippen LogP) is 2.82. The molecular formula is C15H22N2. The summed E-state index contributed by atoms with van der Waals surface area (Å²) in [5, 5.41) is 3.43. The normalized spacial score (nSPS) is 13.8. The zero-order valence-electron chi connectivity index (χ0n) is 11.2. The lowest BCUT2D eigenvalue weighted by atomic mass is 10.1. The molecule has 0 bridgehead atoms. The van der Waals surface area contributed by atoms with Crippen LogP contribution >= 0.6 is 0 Å². The fourth-order valence-electron chi connectivity index (χ4n) is 1.74. The van der Waals surface area contributed by atoms with Crippen LogP contribution < -0.4 is 10.2 Å². The van der Waals surface area contributed by atoms with Crippen LogP contribution in [0.15, 0.2) is 24.3 Å². The zero-order chi connectivity index (χ0) is 12.8. The molecule has 2 heteroatoms. The number of nitrogens with zero attached hydrogens (tertiary/aromatic N) is 1. The van der Waals surface area contributed by atoms with E-state index in [2.05, 4.69) is 54.3 Å². The number of hydrogen-bond donors (Lipinski definition) is 1. The summed E-state index contributed by atoms with van der Waals surface area (Å²) in [6.45, 7) is 4.24. The molecule has 1 aromatic rings. The molecule has 0 aromatic heterocycles. The topological polar surface area (TPSA) is 15.3 Å². The summed E-state index contributed by atoms with van der Waals surface area (Å²) >= 11 is 0. The number of nitrogens with one attached hydrogen (secondary N) is 1. The van der Waals surface area contributed by atoms with Crippen LogP contribution in [-0.4, -0.2) is 20.1 Å². The van der Waals surface area contributed by atoms with Crippen LogP contribution in [-0.2, 0) is 0 Å². The van der Waals surface area contributed by atoms with Gasteiger partial charge in [0.2, 0.25) is 0 Å². The van der Waals surface area contributed by atoms with E-state index in [0.717, 1.165) is 6.42 Å². The van der Waals surface area contributed by atoms with Crippen LogP contribution in [0.1, 0.15) is 31.9 Å². The lowest BCUT2D eigenvalue weighted by Crippen LogP contribution is -2.29. The lowest BCUT2D eigenvalue weighted by Gasteiger charge is -2.19. The average molecular weight is 230 g/mol. The number of terminal acetylenes is 1. The van der Waals surface area contributed by atoms with Crippen molar-refractivity contribution in [1.82, 2.24) is 5.32 Å². The minimum Gasteiger partial charge on any atom is -0.378 e. The molecule has 0 spiro atoms. The van der Waals surface area contributed by atoms with Crippen LogP contribution in [0.5, 0.6) is 0 Å². The summed E-state index contributed by atoms with van der Waals surface area (Å²) in [5.41, 5.74) is 2.48. The summed E-state index contributed by atoms with van der Waals surface area (Å²) in [4.78, 5) is 2.10. The van der Waals surface area contributed by atoms with Gasteiger partial charge < -0.3 is 4.90 Å². The SMILES string of the molecule is C#CC(CC)NC(C)c1ccc(N(C)C)cc1. The van der Waals surface area contributed by atoms with Crippen LogP contribution in [0, 0.1) is 12.3 Å². The van der Waals surface area contributed by atoms with E-state index < -0.39 is 0 Å². The summed E-state index contributed by atoms with van der Waals surface area (Å²) in [5.74, 6) is 2.76. The standard InChI is InChI=1S/C15H22N2/c1-6-14(7-2)16-12(3)13-8-10-15(11-9-13)17(4)5/h1,8-12,14,16H,7H2,2-5H3. The molecule has 0 aliphatic rings. The maximum absolute atomic E-state index is 5.45. The Morgan fingerprint density at radius 1 is 1.29 bits per heavy atom. The molecule has 0 radical (unpaired) electrons. The first-order valence-corrected chi connectivity index (χ1v) is 6.08. The van der Waals surface area contributed by atoms with E-state index in [9.17, 15) is 0 Å². The maximum atomic E-state index is 5.45. The molecule has 0 aliphatic carbocycles. The molecule has 92 valence electrons. The van der Waals surface area contributed by atoms with E-state index in [4.69, 9.17) is 6.42 Å². The van der Waals surface area contributed by atoms with E-state index in [1.807, 2.05) is 14.1 Å². The third-order valence-electron chi connectivity index (χ3n) is 2.97. The van der Waals surface area contributed by atoms with Crippen molar-refractivity contribution in [3.05, 3.63) is 29.8 Å². The average Bonchev–Trinajstić information content (AvgIpc) is 2.35. The molecule has 0 aliphatic heterocycles. The Hall–Kier alpha value is -1.46. The number of rotatable bonds is 5. The second-order valence-electron chi connectivity index (χ2n) is 4.50. The molecule has 0 saturated heterocycles. The van der Waals surface area contributed by atoms with Gasteiger partial charge in [-0.1, -0.05) is 25.0 Å². The van der Waals surface area contributed by atoms with Crippen molar-refractivity contribution in [3.63, 3.8) is 0 Å². The Labute approximate surface area is 105 Å². The molecule has 0 heterocycles. The van der Waals surface area contributed by atoms with Crippen molar-refractivity contribution in [2.45, 2.75) is 32.4 Å². The molecule has 2 atom stereocenters. The van der Waals surface area contributed by atoms with Crippen LogP contribution in [0.3, 0.4) is 0 Å². The Kier molecular flexibility index (Phi) is 5.06. The smallest absolute Gasteiger partial charge is 0.0688 e. The van der Waals surface area contributed by atoms with Crippen molar-refractivity contribution >= 4 is 5.69 Å². The highest BCUT2D eigenvalue weighted by Crippen LogP contribution is 2.18. The van der Waals surface area contributed by atoms with Crippen LogP contribution in [0.25, 0.3) is 0 Å². The van der Waals surface area contributed by atoms with Gasteiger partial charge in [-0.3, -0.25) is 5.32 Å². The van der Waals surface area contributed by atoms with E-state index in [1.165, 1.54) is 11.3 Å². The minimum absolute atomic E-state index is 0.151. The van der Waals surface area contributed by atoms with E-state index in [1.54, 1.807) is 0 Å². The van der Waals surface area contributed by atoms with Gasteiger partial charge in [-0.15, -0.1) is 6.42 Å². The quantitative estimate of drug-likeness (QED) is 0.782. The second-order valence-corrected chi connectivity index (χ2v) is 4.50. The molecule has 0 saturated carbocycles. The van der Waals surface area contributed by atoms with E-state index in [-0.39, 0.29) is 12.1 Å². The van der Waals surface area contributed by atoms with Crippen molar-refractivity contribution in [2.24, 2.45) is 0 Å². The summed E-state index contributed by atoms with van der Waals surface area (Å²) in [6, 6.07) is 8.99. The maximum Gasteiger partial charge on any atom is 0.0688 e. The molecule has 0 fully saturated rings. The monoisotopic (exact) mass is 230 g/mol. The Morgan fingerprint density at radius 3 is 2.29 bits per heavy atom.